The Balaban J connectivity index is 1.97. The second-order valence-corrected chi connectivity index (χ2v) is 6.52. The normalized spacial score (nSPS) is 23.7. The maximum absolute atomic E-state index is 13.2. The van der Waals surface area contributed by atoms with Crippen LogP contribution in [0, 0.1) is 0 Å². The number of ketones is 1. The first-order valence-electron chi connectivity index (χ1n) is 8.73. The minimum absolute atomic E-state index is 0.0705. The Kier molecular flexibility index (Phi) is 4.74. The van der Waals surface area contributed by atoms with Crippen LogP contribution in [0.4, 0.5) is 0 Å². The summed E-state index contributed by atoms with van der Waals surface area (Å²) in [6.45, 7) is 5.29. The number of benzene rings is 1. The third-order valence-electron chi connectivity index (χ3n) is 5.37. The second kappa shape index (κ2) is 6.65. The highest BCUT2D eigenvalue weighted by Gasteiger charge is 2.57. The summed E-state index contributed by atoms with van der Waals surface area (Å²) in [5.41, 5.74) is 2.04. The van der Waals surface area contributed by atoms with Crippen molar-refractivity contribution < 1.29 is 19.2 Å². The van der Waals surface area contributed by atoms with E-state index in [0.717, 1.165) is 29.5 Å². The van der Waals surface area contributed by atoms with Gasteiger partial charge in [0.15, 0.2) is 11.4 Å². The number of aryl methyl sites for hydroxylation is 2. The predicted molar refractivity (Wildman–Crippen MR) is 89.6 cm³/mol. The molecule has 2 aliphatic rings. The number of ether oxygens (including phenoxy) is 1. The quantitative estimate of drug-likeness (QED) is 0.626. The smallest absolute Gasteiger partial charge is 0.322 e. The van der Waals surface area contributed by atoms with E-state index < -0.39 is 11.5 Å². The molecule has 3 rings (SSSR count). The Labute approximate surface area is 142 Å². The molecule has 5 nitrogen and oxygen atoms in total. The van der Waals surface area contributed by atoms with E-state index in [0.29, 0.717) is 25.9 Å². The summed E-state index contributed by atoms with van der Waals surface area (Å²) in [6.07, 6.45) is 2.59. The average molecular weight is 331 g/mol. The van der Waals surface area contributed by atoms with Crippen LogP contribution in [0.1, 0.15) is 49.3 Å². The number of Topliss-reactive ketones (excluding diaryl/α,β-unsaturated/α-hetero) is 1. The van der Waals surface area contributed by atoms with E-state index in [1.54, 1.807) is 12.2 Å². The zero-order valence-electron chi connectivity index (χ0n) is 14.6. The summed E-state index contributed by atoms with van der Waals surface area (Å²) in [7, 11) is 1.62. The summed E-state index contributed by atoms with van der Waals surface area (Å²) >= 11 is 0. The summed E-state index contributed by atoms with van der Waals surface area (Å²) < 4.78 is 5.69. The number of carbonyl (C=O) groups is 2. The highest BCUT2D eigenvalue weighted by Crippen LogP contribution is 2.42. The van der Waals surface area contributed by atoms with E-state index in [1.165, 1.54) is 0 Å². The van der Waals surface area contributed by atoms with Crippen LogP contribution in [0.5, 0.6) is 0 Å². The zero-order chi connectivity index (χ0) is 17.3. The van der Waals surface area contributed by atoms with Gasteiger partial charge in [0.1, 0.15) is 5.92 Å². The van der Waals surface area contributed by atoms with Crippen molar-refractivity contribution in [2.45, 2.75) is 51.0 Å². The third kappa shape index (κ3) is 2.66. The molecule has 2 heterocycles. The van der Waals surface area contributed by atoms with Gasteiger partial charge in [-0.25, -0.2) is 0 Å². The maximum Gasteiger partial charge on any atom is 0.322 e. The van der Waals surface area contributed by atoms with E-state index in [4.69, 9.17) is 9.57 Å². The van der Waals surface area contributed by atoms with E-state index in [9.17, 15) is 9.59 Å². The van der Waals surface area contributed by atoms with Crippen molar-refractivity contribution in [2.24, 2.45) is 0 Å². The molecule has 0 bridgehead atoms. The summed E-state index contributed by atoms with van der Waals surface area (Å²) in [4.78, 5) is 31.1. The molecule has 0 saturated carbocycles. The van der Waals surface area contributed by atoms with Gasteiger partial charge in [-0.2, -0.15) is 5.06 Å². The zero-order valence-corrected chi connectivity index (χ0v) is 14.6. The molecule has 130 valence electrons. The fraction of sp³-hybridized carbons (Fsp3) is 0.579. The molecular formula is C19H25NO4. The lowest BCUT2D eigenvalue weighted by Gasteiger charge is -2.35. The van der Waals surface area contributed by atoms with Crippen molar-refractivity contribution in [2.75, 3.05) is 20.2 Å². The molecule has 0 aromatic heterocycles. The topological polar surface area (TPSA) is 55.8 Å². The maximum atomic E-state index is 13.2. The fourth-order valence-corrected chi connectivity index (χ4v) is 3.95. The Hall–Kier alpha value is -1.72. The van der Waals surface area contributed by atoms with Crippen LogP contribution >= 0.6 is 0 Å². The largest absolute Gasteiger partial charge is 0.450 e. The van der Waals surface area contributed by atoms with Crippen molar-refractivity contribution in [3.63, 3.8) is 0 Å². The summed E-state index contributed by atoms with van der Waals surface area (Å²) in [5, 5.41) is 1.80. The molecular weight excluding hydrogens is 306 g/mol. The van der Waals surface area contributed by atoms with E-state index >= 15 is 0 Å². The lowest BCUT2D eigenvalue weighted by Crippen LogP contribution is -2.48. The van der Waals surface area contributed by atoms with Gasteiger partial charge in [-0.15, -0.1) is 0 Å². The molecule has 0 aliphatic carbocycles. The van der Waals surface area contributed by atoms with Gasteiger partial charge in [0, 0.05) is 25.9 Å². The lowest BCUT2D eigenvalue weighted by molar-refractivity contribution is -0.184. The van der Waals surface area contributed by atoms with E-state index in [1.807, 2.05) is 18.2 Å². The SMILES string of the molecule is CCc1cccc(CC)c1C1C(=O)OC2(CCN(OC)CC2)C1=O. The Morgan fingerprint density at radius 1 is 1.17 bits per heavy atom. The number of esters is 1. The minimum Gasteiger partial charge on any atom is -0.450 e. The standard InChI is InChI=1S/C19H25NO4/c1-4-13-7-6-8-14(5-2)15(13)16-17(21)19(24-18(16)22)9-11-20(23-3)12-10-19/h6-8,16H,4-5,9-12H2,1-3H3. The molecule has 2 aliphatic heterocycles. The van der Waals surface area contributed by atoms with Crippen molar-refractivity contribution in [1.29, 1.82) is 0 Å². The van der Waals surface area contributed by atoms with Crippen LogP contribution in [0.2, 0.25) is 0 Å². The fourth-order valence-electron chi connectivity index (χ4n) is 3.95. The lowest BCUT2D eigenvalue weighted by atomic mass is 9.79. The van der Waals surface area contributed by atoms with Crippen molar-refractivity contribution >= 4 is 11.8 Å². The molecule has 5 heteroatoms. The summed E-state index contributed by atoms with van der Waals surface area (Å²) in [6, 6.07) is 6.01. The average Bonchev–Trinajstić information content (AvgIpc) is 2.84. The minimum atomic E-state index is -0.970. The van der Waals surface area contributed by atoms with E-state index in [-0.39, 0.29) is 11.8 Å². The number of piperidine rings is 1. The third-order valence-corrected chi connectivity index (χ3v) is 5.37. The van der Waals surface area contributed by atoms with Crippen LogP contribution in [0.15, 0.2) is 18.2 Å². The van der Waals surface area contributed by atoms with Gasteiger partial charge in [-0.1, -0.05) is 32.0 Å². The van der Waals surface area contributed by atoms with Crippen LogP contribution < -0.4 is 0 Å². The Morgan fingerprint density at radius 2 is 1.75 bits per heavy atom. The monoisotopic (exact) mass is 331 g/mol. The van der Waals surface area contributed by atoms with Crippen molar-refractivity contribution in [3.8, 4) is 0 Å². The van der Waals surface area contributed by atoms with Gasteiger partial charge >= 0.3 is 5.97 Å². The highest BCUT2D eigenvalue weighted by molar-refractivity contribution is 6.14. The molecule has 1 spiro atoms. The molecule has 0 N–H and O–H groups in total. The first-order chi connectivity index (χ1) is 11.6. The van der Waals surface area contributed by atoms with Crippen LogP contribution in [0.3, 0.4) is 0 Å². The number of nitrogens with zero attached hydrogens (tertiary/aromatic N) is 1. The Bertz CT molecular complexity index is 625. The van der Waals surface area contributed by atoms with Crippen LogP contribution in [-0.4, -0.2) is 42.6 Å². The molecule has 1 aromatic carbocycles. The Morgan fingerprint density at radius 3 is 2.25 bits per heavy atom. The molecule has 0 radical (unpaired) electrons. The number of carbonyl (C=O) groups excluding carboxylic acids is 2. The van der Waals surface area contributed by atoms with Crippen LogP contribution in [-0.2, 0) is 32.0 Å². The summed E-state index contributed by atoms with van der Waals surface area (Å²) in [5.74, 6) is -1.23. The molecule has 1 unspecified atom stereocenters. The van der Waals surface area contributed by atoms with Crippen LogP contribution in [0.25, 0.3) is 0 Å². The van der Waals surface area contributed by atoms with Gasteiger partial charge in [0.2, 0.25) is 0 Å². The van der Waals surface area contributed by atoms with Crippen molar-refractivity contribution in [3.05, 3.63) is 34.9 Å². The van der Waals surface area contributed by atoms with E-state index in [2.05, 4.69) is 13.8 Å². The van der Waals surface area contributed by atoms with Crippen molar-refractivity contribution in [1.82, 2.24) is 5.06 Å². The number of hydroxylamine groups is 2. The molecule has 24 heavy (non-hydrogen) atoms. The molecule has 1 atom stereocenters. The molecule has 0 amide bonds. The van der Waals surface area contributed by atoms with Gasteiger partial charge in [0.25, 0.3) is 0 Å². The van der Waals surface area contributed by atoms with Gasteiger partial charge in [-0.3, -0.25) is 9.59 Å². The molecule has 2 fully saturated rings. The molecule has 1 aromatic rings. The second-order valence-electron chi connectivity index (χ2n) is 6.52. The first-order valence-corrected chi connectivity index (χ1v) is 8.73. The first kappa shape index (κ1) is 17.1. The number of hydrogen-bond donors (Lipinski definition) is 0. The number of hydrogen-bond acceptors (Lipinski definition) is 5. The highest BCUT2D eigenvalue weighted by atomic mass is 16.7. The van der Waals surface area contributed by atoms with Gasteiger partial charge in [0.05, 0.1) is 7.11 Å². The van der Waals surface area contributed by atoms with Gasteiger partial charge < -0.3 is 9.57 Å². The number of rotatable bonds is 4. The molecule has 2 saturated heterocycles. The predicted octanol–water partition coefficient (Wildman–Crippen LogP) is 2.42. The van der Waals surface area contributed by atoms with Gasteiger partial charge in [-0.05, 0) is 29.5 Å².